The predicted molar refractivity (Wildman–Crippen MR) is 53.6 cm³/mol. The summed E-state index contributed by atoms with van der Waals surface area (Å²) in [6, 6.07) is 7.68. The van der Waals surface area contributed by atoms with Crippen LogP contribution in [0.3, 0.4) is 0 Å². The average molecular weight is 302 g/mol. The maximum atomic E-state index is 12.1. The molecule has 0 saturated heterocycles. The lowest BCUT2D eigenvalue weighted by Gasteiger charge is -2.22. The lowest BCUT2D eigenvalue weighted by atomic mass is 10.2. The SMILES string of the molecule is O=C(OCc1ccccc1)OC(C(F)(F)F)C(F)(F)F. The fourth-order valence-corrected chi connectivity index (χ4v) is 1.17. The molecule has 20 heavy (non-hydrogen) atoms. The molecule has 0 amide bonds. The van der Waals surface area contributed by atoms with Crippen molar-refractivity contribution >= 4 is 6.16 Å². The maximum Gasteiger partial charge on any atom is 0.509 e. The second kappa shape index (κ2) is 6.02. The van der Waals surface area contributed by atoms with Crippen molar-refractivity contribution in [3.8, 4) is 0 Å². The lowest BCUT2D eigenvalue weighted by molar-refractivity contribution is -0.310. The molecule has 9 heteroatoms. The van der Waals surface area contributed by atoms with Crippen LogP contribution in [0.25, 0.3) is 0 Å². The highest BCUT2D eigenvalue weighted by Gasteiger charge is 2.60. The molecule has 0 atom stereocenters. The molecule has 0 bridgehead atoms. The Labute approximate surface area is 109 Å². The van der Waals surface area contributed by atoms with Gasteiger partial charge in [-0.15, -0.1) is 0 Å². The number of carbonyl (C=O) groups is 1. The Balaban J connectivity index is 2.59. The van der Waals surface area contributed by atoms with Crippen LogP contribution in [0.2, 0.25) is 0 Å². The zero-order chi connectivity index (χ0) is 15.4. The van der Waals surface area contributed by atoms with Gasteiger partial charge in [-0.2, -0.15) is 26.3 Å². The minimum absolute atomic E-state index is 0.389. The summed E-state index contributed by atoms with van der Waals surface area (Å²) < 4.78 is 80.0. The molecule has 0 aromatic heterocycles. The highest BCUT2D eigenvalue weighted by molar-refractivity contribution is 5.60. The third-order valence-corrected chi connectivity index (χ3v) is 2.01. The number of halogens is 6. The number of benzene rings is 1. The van der Waals surface area contributed by atoms with E-state index in [2.05, 4.69) is 9.47 Å². The number of alkyl halides is 6. The number of hydrogen-bond acceptors (Lipinski definition) is 3. The summed E-state index contributed by atoms with van der Waals surface area (Å²) in [6.07, 6.45) is -17.8. The van der Waals surface area contributed by atoms with Crippen LogP contribution in [0.4, 0.5) is 31.1 Å². The molecular formula is C11H8F6O3. The molecule has 0 aliphatic heterocycles. The molecule has 0 N–H and O–H groups in total. The van der Waals surface area contributed by atoms with Gasteiger partial charge in [0.2, 0.25) is 0 Å². The van der Waals surface area contributed by atoms with Crippen molar-refractivity contribution in [2.24, 2.45) is 0 Å². The Morgan fingerprint density at radius 3 is 1.95 bits per heavy atom. The molecule has 1 aromatic carbocycles. The molecule has 0 spiro atoms. The van der Waals surface area contributed by atoms with Gasteiger partial charge >= 0.3 is 18.5 Å². The van der Waals surface area contributed by atoms with Crippen LogP contribution in [-0.2, 0) is 16.1 Å². The van der Waals surface area contributed by atoms with Gasteiger partial charge in [0.25, 0.3) is 6.10 Å². The van der Waals surface area contributed by atoms with Crippen LogP contribution in [0, 0.1) is 0 Å². The number of ether oxygens (including phenoxy) is 2. The Bertz CT molecular complexity index is 426. The molecule has 0 fully saturated rings. The molecular weight excluding hydrogens is 294 g/mol. The van der Waals surface area contributed by atoms with E-state index in [1.165, 1.54) is 12.1 Å². The van der Waals surface area contributed by atoms with E-state index in [1.807, 2.05) is 0 Å². The van der Waals surface area contributed by atoms with Crippen molar-refractivity contribution in [3.05, 3.63) is 35.9 Å². The number of carbonyl (C=O) groups excluding carboxylic acids is 1. The van der Waals surface area contributed by atoms with E-state index in [0.717, 1.165) is 0 Å². The van der Waals surface area contributed by atoms with Gasteiger partial charge in [-0.25, -0.2) is 4.79 Å². The van der Waals surface area contributed by atoms with E-state index < -0.39 is 31.2 Å². The molecule has 112 valence electrons. The Hall–Kier alpha value is -1.93. The molecule has 0 saturated carbocycles. The van der Waals surface area contributed by atoms with Gasteiger partial charge < -0.3 is 9.47 Å². The van der Waals surface area contributed by atoms with Crippen molar-refractivity contribution in [3.63, 3.8) is 0 Å². The highest BCUT2D eigenvalue weighted by Crippen LogP contribution is 2.35. The molecule has 0 heterocycles. The van der Waals surface area contributed by atoms with Gasteiger partial charge in [0, 0.05) is 0 Å². The number of rotatable bonds is 3. The normalized spacial score (nSPS) is 12.3. The van der Waals surface area contributed by atoms with E-state index in [-0.39, 0.29) is 0 Å². The maximum absolute atomic E-state index is 12.1. The molecule has 1 aromatic rings. The van der Waals surface area contributed by atoms with Crippen LogP contribution in [0.5, 0.6) is 0 Å². The Kier molecular flexibility index (Phi) is 4.85. The summed E-state index contributed by atoms with van der Waals surface area (Å²) in [4.78, 5) is 10.9. The topological polar surface area (TPSA) is 35.5 Å². The van der Waals surface area contributed by atoms with Gasteiger partial charge in [0.15, 0.2) is 0 Å². The van der Waals surface area contributed by atoms with E-state index in [9.17, 15) is 31.1 Å². The molecule has 0 aliphatic rings. The summed E-state index contributed by atoms with van der Waals surface area (Å²) in [5, 5.41) is 0. The molecule has 0 radical (unpaired) electrons. The minimum atomic E-state index is -5.76. The number of hydrogen-bond donors (Lipinski definition) is 0. The first kappa shape index (κ1) is 16.1. The lowest BCUT2D eigenvalue weighted by Crippen LogP contribution is -2.45. The van der Waals surface area contributed by atoms with Crippen LogP contribution < -0.4 is 0 Å². The fourth-order valence-electron chi connectivity index (χ4n) is 1.17. The van der Waals surface area contributed by atoms with Crippen LogP contribution >= 0.6 is 0 Å². The third kappa shape index (κ3) is 4.98. The van der Waals surface area contributed by atoms with Crippen molar-refractivity contribution < 1.29 is 40.6 Å². The van der Waals surface area contributed by atoms with Gasteiger partial charge in [-0.3, -0.25) is 0 Å². The first-order chi connectivity index (χ1) is 9.10. The molecule has 1 rings (SSSR count). The molecule has 3 nitrogen and oxygen atoms in total. The summed E-state index contributed by atoms with van der Waals surface area (Å²) >= 11 is 0. The average Bonchev–Trinajstić information content (AvgIpc) is 2.32. The van der Waals surface area contributed by atoms with Crippen LogP contribution in [0.1, 0.15) is 5.56 Å². The largest absolute Gasteiger partial charge is 0.509 e. The second-order valence-electron chi connectivity index (χ2n) is 3.61. The van der Waals surface area contributed by atoms with E-state index in [1.54, 1.807) is 18.2 Å². The standard InChI is InChI=1S/C11H8F6O3/c12-10(13,14)8(11(15,16)17)20-9(18)19-6-7-4-2-1-3-5-7/h1-5,8H,6H2. The van der Waals surface area contributed by atoms with Gasteiger partial charge in [0.1, 0.15) is 6.61 Å². The van der Waals surface area contributed by atoms with E-state index in [4.69, 9.17) is 0 Å². The molecule has 0 aliphatic carbocycles. The zero-order valence-electron chi connectivity index (χ0n) is 9.66. The minimum Gasteiger partial charge on any atom is -0.429 e. The van der Waals surface area contributed by atoms with Crippen molar-refractivity contribution in [2.75, 3.05) is 0 Å². The summed E-state index contributed by atoms with van der Waals surface area (Å²) in [5.74, 6) is 0. The van der Waals surface area contributed by atoms with Crippen molar-refractivity contribution in [1.29, 1.82) is 0 Å². The van der Waals surface area contributed by atoms with Gasteiger partial charge in [0.05, 0.1) is 0 Å². The van der Waals surface area contributed by atoms with Crippen molar-refractivity contribution in [2.45, 2.75) is 25.1 Å². The monoisotopic (exact) mass is 302 g/mol. The summed E-state index contributed by atoms with van der Waals surface area (Å²) in [7, 11) is 0. The van der Waals surface area contributed by atoms with Crippen molar-refractivity contribution in [1.82, 2.24) is 0 Å². The summed E-state index contributed by atoms with van der Waals surface area (Å²) in [5.41, 5.74) is 0.389. The predicted octanol–water partition coefficient (Wildman–Crippen LogP) is 3.83. The first-order valence-corrected chi connectivity index (χ1v) is 5.11. The van der Waals surface area contributed by atoms with Gasteiger partial charge in [-0.1, -0.05) is 30.3 Å². The van der Waals surface area contributed by atoms with Crippen LogP contribution in [-0.4, -0.2) is 24.6 Å². The fraction of sp³-hybridized carbons (Fsp3) is 0.364. The van der Waals surface area contributed by atoms with Crippen LogP contribution in [0.15, 0.2) is 30.3 Å². The first-order valence-electron chi connectivity index (χ1n) is 5.11. The van der Waals surface area contributed by atoms with E-state index in [0.29, 0.717) is 5.56 Å². The third-order valence-electron chi connectivity index (χ3n) is 2.01. The van der Waals surface area contributed by atoms with Gasteiger partial charge in [-0.05, 0) is 5.56 Å². The Morgan fingerprint density at radius 2 is 1.50 bits per heavy atom. The second-order valence-corrected chi connectivity index (χ2v) is 3.61. The molecule has 0 unspecified atom stereocenters. The zero-order valence-corrected chi connectivity index (χ0v) is 9.66. The Morgan fingerprint density at radius 1 is 1.00 bits per heavy atom. The highest BCUT2D eigenvalue weighted by atomic mass is 19.4. The van der Waals surface area contributed by atoms with E-state index >= 15 is 0 Å². The summed E-state index contributed by atoms with van der Waals surface area (Å²) in [6.45, 7) is -0.498. The quantitative estimate of drug-likeness (QED) is 0.629. The smallest absolute Gasteiger partial charge is 0.429 e.